The molecule has 0 radical (unpaired) electrons. The maximum absolute atomic E-state index is 12.6. The third kappa shape index (κ3) is 2.73. The fourth-order valence-electron chi connectivity index (χ4n) is 2.78. The van der Waals surface area contributed by atoms with Gasteiger partial charge in [0.2, 0.25) is 11.8 Å². The van der Waals surface area contributed by atoms with Gasteiger partial charge in [0.25, 0.3) is 0 Å². The fraction of sp³-hybridized carbons (Fsp3) is 0.500. The fourth-order valence-corrected chi connectivity index (χ4v) is 2.78. The average molecular weight is 288 g/mol. The summed E-state index contributed by atoms with van der Waals surface area (Å²) < 4.78 is 5.21. The third-order valence-electron chi connectivity index (χ3n) is 4.27. The smallest absolute Gasteiger partial charge is 0.246 e. The molecule has 0 aromatic heterocycles. The van der Waals surface area contributed by atoms with Crippen molar-refractivity contribution in [3.8, 4) is 5.75 Å². The van der Waals surface area contributed by atoms with Gasteiger partial charge in [-0.25, -0.2) is 0 Å². The van der Waals surface area contributed by atoms with E-state index < -0.39 is 6.04 Å². The Labute approximate surface area is 124 Å². The molecule has 2 amide bonds. The van der Waals surface area contributed by atoms with E-state index >= 15 is 0 Å². The second-order valence-electron chi connectivity index (χ2n) is 5.82. The van der Waals surface area contributed by atoms with Crippen molar-refractivity contribution in [3.05, 3.63) is 29.8 Å². The lowest BCUT2D eigenvalue weighted by Crippen LogP contribution is -2.62. The van der Waals surface area contributed by atoms with E-state index in [0.29, 0.717) is 12.5 Å². The molecule has 21 heavy (non-hydrogen) atoms. The minimum absolute atomic E-state index is 0.0346. The Morgan fingerprint density at radius 2 is 2.10 bits per heavy atom. The molecule has 2 aliphatic rings. The Morgan fingerprint density at radius 3 is 2.76 bits per heavy atom. The lowest BCUT2D eigenvalue weighted by Gasteiger charge is -2.37. The van der Waals surface area contributed by atoms with E-state index in [2.05, 4.69) is 5.32 Å². The van der Waals surface area contributed by atoms with Crippen LogP contribution in [0.2, 0.25) is 0 Å². The number of carbonyl (C=O) groups excluding carboxylic acids is 2. The van der Waals surface area contributed by atoms with E-state index in [1.54, 1.807) is 18.9 Å². The molecule has 3 rings (SSSR count). The Balaban J connectivity index is 1.80. The highest BCUT2D eigenvalue weighted by Crippen LogP contribution is 2.35. The predicted molar refractivity (Wildman–Crippen MR) is 77.7 cm³/mol. The number of piperazine rings is 1. The molecule has 112 valence electrons. The van der Waals surface area contributed by atoms with Crippen molar-refractivity contribution in [2.24, 2.45) is 5.92 Å². The summed E-state index contributed by atoms with van der Waals surface area (Å²) in [6.45, 7) is 2.21. The summed E-state index contributed by atoms with van der Waals surface area (Å²) in [4.78, 5) is 26.4. The highest BCUT2D eigenvalue weighted by Gasteiger charge is 2.45. The van der Waals surface area contributed by atoms with Crippen LogP contribution in [-0.4, -0.2) is 35.9 Å². The number of nitrogens with one attached hydrogen (secondary N) is 1. The zero-order chi connectivity index (χ0) is 15.0. The third-order valence-corrected chi connectivity index (χ3v) is 4.27. The summed E-state index contributed by atoms with van der Waals surface area (Å²) in [5.41, 5.74) is 0.971. The quantitative estimate of drug-likeness (QED) is 0.909. The second kappa shape index (κ2) is 5.39. The average Bonchev–Trinajstić information content (AvgIpc) is 3.32. The van der Waals surface area contributed by atoms with Gasteiger partial charge in [-0.05, 0) is 43.4 Å². The molecule has 1 aromatic rings. The van der Waals surface area contributed by atoms with E-state index in [0.717, 1.165) is 24.2 Å². The molecule has 0 bridgehead atoms. The summed E-state index contributed by atoms with van der Waals surface area (Å²) in [5, 5.41) is 2.86. The molecule has 1 aromatic carbocycles. The number of rotatable bonds is 4. The van der Waals surface area contributed by atoms with Gasteiger partial charge in [-0.2, -0.15) is 0 Å². The maximum Gasteiger partial charge on any atom is 0.246 e. The van der Waals surface area contributed by atoms with Crippen LogP contribution in [0.1, 0.15) is 25.3 Å². The molecule has 5 nitrogen and oxygen atoms in total. The Kier molecular flexibility index (Phi) is 3.57. The van der Waals surface area contributed by atoms with Crippen molar-refractivity contribution < 1.29 is 14.3 Å². The highest BCUT2D eigenvalue weighted by molar-refractivity contribution is 5.97. The SMILES string of the molecule is COc1cccc(CN2C(=O)C(C3CC3)NC(=O)C2C)c1. The van der Waals surface area contributed by atoms with Gasteiger partial charge >= 0.3 is 0 Å². The number of hydrogen-bond donors (Lipinski definition) is 1. The first kappa shape index (κ1) is 13.9. The number of methoxy groups -OCH3 is 1. The summed E-state index contributed by atoms with van der Waals surface area (Å²) in [7, 11) is 1.62. The molecule has 2 atom stereocenters. The molecule has 1 saturated heterocycles. The van der Waals surface area contributed by atoms with Crippen molar-refractivity contribution >= 4 is 11.8 Å². The molecule has 5 heteroatoms. The number of ether oxygens (including phenoxy) is 1. The van der Waals surface area contributed by atoms with Crippen LogP contribution in [0.3, 0.4) is 0 Å². The lowest BCUT2D eigenvalue weighted by atomic mass is 10.0. The summed E-state index contributed by atoms with van der Waals surface area (Å²) in [5.74, 6) is 1.05. The topological polar surface area (TPSA) is 58.6 Å². The molecule has 1 aliphatic carbocycles. The first-order chi connectivity index (χ1) is 10.1. The van der Waals surface area contributed by atoms with Crippen LogP contribution in [0.4, 0.5) is 0 Å². The van der Waals surface area contributed by atoms with Gasteiger partial charge in [0.15, 0.2) is 0 Å². The molecule has 1 heterocycles. The molecule has 1 aliphatic heterocycles. The molecule has 2 unspecified atom stereocenters. The largest absolute Gasteiger partial charge is 0.497 e. The minimum atomic E-state index is -0.432. The van der Waals surface area contributed by atoms with E-state index in [-0.39, 0.29) is 17.9 Å². The summed E-state index contributed by atoms with van der Waals surface area (Å²) >= 11 is 0. The van der Waals surface area contributed by atoms with Gasteiger partial charge in [-0.1, -0.05) is 12.1 Å². The number of carbonyl (C=O) groups is 2. The maximum atomic E-state index is 12.6. The van der Waals surface area contributed by atoms with Crippen molar-refractivity contribution in [3.63, 3.8) is 0 Å². The highest BCUT2D eigenvalue weighted by atomic mass is 16.5. The molecule has 0 spiro atoms. The van der Waals surface area contributed by atoms with E-state index in [4.69, 9.17) is 4.74 Å². The van der Waals surface area contributed by atoms with Gasteiger partial charge < -0.3 is 15.0 Å². The zero-order valence-corrected chi connectivity index (χ0v) is 12.3. The minimum Gasteiger partial charge on any atom is -0.497 e. The van der Waals surface area contributed by atoms with Crippen molar-refractivity contribution in [2.75, 3.05) is 7.11 Å². The first-order valence-electron chi connectivity index (χ1n) is 7.34. The van der Waals surface area contributed by atoms with Crippen LogP contribution in [-0.2, 0) is 16.1 Å². The standard InChI is InChI=1S/C16H20N2O3/c1-10-15(19)17-14(12-6-7-12)16(20)18(10)9-11-4-3-5-13(8-11)21-2/h3-5,8,10,12,14H,6-7,9H2,1-2H3,(H,17,19). The lowest BCUT2D eigenvalue weighted by molar-refractivity contribution is -0.149. The summed E-state index contributed by atoms with van der Waals surface area (Å²) in [6, 6.07) is 6.84. The van der Waals surface area contributed by atoms with Gasteiger partial charge in [0, 0.05) is 6.54 Å². The monoisotopic (exact) mass is 288 g/mol. The Morgan fingerprint density at radius 1 is 1.33 bits per heavy atom. The van der Waals surface area contributed by atoms with Crippen LogP contribution < -0.4 is 10.1 Å². The number of amides is 2. The van der Waals surface area contributed by atoms with Crippen molar-refractivity contribution in [2.45, 2.75) is 38.4 Å². The second-order valence-corrected chi connectivity index (χ2v) is 5.82. The Hall–Kier alpha value is -2.04. The normalized spacial score (nSPS) is 25.7. The van der Waals surface area contributed by atoms with Gasteiger partial charge in [-0.3, -0.25) is 9.59 Å². The van der Waals surface area contributed by atoms with Crippen molar-refractivity contribution in [1.29, 1.82) is 0 Å². The van der Waals surface area contributed by atoms with Crippen LogP contribution in [0.25, 0.3) is 0 Å². The van der Waals surface area contributed by atoms with Gasteiger partial charge in [-0.15, -0.1) is 0 Å². The molecular weight excluding hydrogens is 268 g/mol. The molecule has 1 saturated carbocycles. The summed E-state index contributed by atoms with van der Waals surface area (Å²) in [6.07, 6.45) is 2.05. The van der Waals surface area contributed by atoms with Crippen LogP contribution in [0, 0.1) is 5.92 Å². The van der Waals surface area contributed by atoms with E-state index in [1.807, 2.05) is 24.3 Å². The van der Waals surface area contributed by atoms with Gasteiger partial charge in [0.05, 0.1) is 7.11 Å². The Bertz CT molecular complexity index is 568. The van der Waals surface area contributed by atoms with Gasteiger partial charge in [0.1, 0.15) is 17.8 Å². The number of benzene rings is 1. The van der Waals surface area contributed by atoms with E-state index in [9.17, 15) is 9.59 Å². The zero-order valence-electron chi connectivity index (χ0n) is 12.3. The predicted octanol–water partition coefficient (Wildman–Crippen LogP) is 1.32. The van der Waals surface area contributed by atoms with Crippen molar-refractivity contribution in [1.82, 2.24) is 10.2 Å². The van der Waals surface area contributed by atoms with Crippen LogP contribution in [0.15, 0.2) is 24.3 Å². The number of hydrogen-bond acceptors (Lipinski definition) is 3. The molecule has 2 fully saturated rings. The molecular formula is C16H20N2O3. The first-order valence-corrected chi connectivity index (χ1v) is 7.34. The molecule has 1 N–H and O–H groups in total. The van der Waals surface area contributed by atoms with Crippen LogP contribution in [0.5, 0.6) is 5.75 Å². The van der Waals surface area contributed by atoms with E-state index in [1.165, 1.54) is 0 Å². The number of nitrogens with zero attached hydrogens (tertiary/aromatic N) is 1. The van der Waals surface area contributed by atoms with Crippen LogP contribution >= 0.6 is 0 Å².